The Morgan fingerprint density at radius 1 is 0.884 bits per heavy atom. The van der Waals surface area contributed by atoms with E-state index in [2.05, 4.69) is 84.3 Å². The van der Waals surface area contributed by atoms with Gasteiger partial charge in [0, 0.05) is 63.5 Å². The quantitative estimate of drug-likeness (QED) is 0.287. The van der Waals surface area contributed by atoms with E-state index in [0.29, 0.717) is 6.54 Å². The van der Waals surface area contributed by atoms with E-state index < -0.39 is 5.92 Å². The van der Waals surface area contributed by atoms with Gasteiger partial charge in [-0.25, -0.2) is 8.78 Å². The number of hydrogen-bond donors (Lipinski definition) is 1. The molecule has 43 heavy (non-hydrogen) atoms. The van der Waals surface area contributed by atoms with E-state index in [1.807, 2.05) is 19.2 Å². The van der Waals surface area contributed by atoms with Gasteiger partial charge < -0.3 is 10.2 Å². The van der Waals surface area contributed by atoms with Crippen LogP contribution < -0.4 is 5.32 Å². The number of likely N-dealkylation sites (tertiary alicyclic amines) is 1. The largest absolute Gasteiger partial charge is 0.372 e. The van der Waals surface area contributed by atoms with Crippen molar-refractivity contribution >= 4 is 0 Å². The Hall–Kier alpha value is -3.06. The number of piperidine rings is 1. The molecule has 2 aliphatic heterocycles. The first-order valence-corrected chi connectivity index (χ1v) is 15.6. The van der Waals surface area contributed by atoms with Crippen LogP contribution >= 0.6 is 0 Å². The molecular formula is C37H52F2N4. The summed E-state index contributed by atoms with van der Waals surface area (Å²) in [6.45, 7) is 24.0. The minimum Gasteiger partial charge on any atom is -0.372 e. The fourth-order valence-corrected chi connectivity index (χ4v) is 5.74. The smallest absolute Gasteiger partial charge is 0.270 e. The summed E-state index contributed by atoms with van der Waals surface area (Å²) in [4.78, 5) is 7.90. The Kier molecular flexibility index (Phi) is 13.4. The molecule has 2 aliphatic rings. The number of rotatable bonds is 10. The van der Waals surface area contributed by atoms with E-state index in [1.54, 1.807) is 12.1 Å². The molecule has 4 nitrogen and oxygen atoms in total. The monoisotopic (exact) mass is 590 g/mol. The molecule has 234 valence electrons. The summed E-state index contributed by atoms with van der Waals surface area (Å²) in [5.74, 6) is -2.74. The molecule has 2 fully saturated rings. The number of piperazine rings is 1. The van der Waals surface area contributed by atoms with Crippen molar-refractivity contribution in [1.29, 1.82) is 0 Å². The van der Waals surface area contributed by atoms with Gasteiger partial charge in [-0.2, -0.15) is 0 Å². The van der Waals surface area contributed by atoms with Crippen molar-refractivity contribution in [3.63, 3.8) is 0 Å². The van der Waals surface area contributed by atoms with Gasteiger partial charge in [0.2, 0.25) is 0 Å². The number of benzene rings is 2. The van der Waals surface area contributed by atoms with Crippen LogP contribution in [-0.4, -0.2) is 67.1 Å². The van der Waals surface area contributed by atoms with Crippen molar-refractivity contribution in [3.8, 4) is 0 Å². The summed E-state index contributed by atoms with van der Waals surface area (Å²) in [6, 6.07) is 16.1. The SMILES string of the molecule is C=CC(C=C)=C/C(C)=C(\C)N1CCN(C2CCN(Cc3ccc(C)cc3)CC2)CC1.CNCc1ccc(C(C)(F)F)cc1. The van der Waals surface area contributed by atoms with Gasteiger partial charge in [0.1, 0.15) is 0 Å². The zero-order valence-corrected chi connectivity index (χ0v) is 27.0. The number of hydrogen-bond acceptors (Lipinski definition) is 4. The molecule has 2 saturated heterocycles. The molecule has 0 radical (unpaired) electrons. The van der Waals surface area contributed by atoms with Crippen LogP contribution in [0.4, 0.5) is 8.78 Å². The Bertz CT molecular complexity index is 1200. The van der Waals surface area contributed by atoms with Crippen LogP contribution in [-0.2, 0) is 19.0 Å². The number of aryl methyl sites for hydroxylation is 1. The van der Waals surface area contributed by atoms with Crippen molar-refractivity contribution in [1.82, 2.24) is 20.0 Å². The minimum atomic E-state index is -2.74. The first kappa shape index (κ1) is 34.4. The highest BCUT2D eigenvalue weighted by Gasteiger charge is 2.28. The van der Waals surface area contributed by atoms with Gasteiger partial charge in [-0.1, -0.05) is 85.5 Å². The van der Waals surface area contributed by atoms with E-state index in [9.17, 15) is 8.78 Å². The lowest BCUT2D eigenvalue weighted by Gasteiger charge is -2.43. The molecule has 0 spiro atoms. The first-order valence-electron chi connectivity index (χ1n) is 15.6. The van der Waals surface area contributed by atoms with E-state index >= 15 is 0 Å². The Balaban J connectivity index is 0.000000326. The normalized spacial score (nSPS) is 17.4. The summed E-state index contributed by atoms with van der Waals surface area (Å²) >= 11 is 0. The summed E-state index contributed by atoms with van der Waals surface area (Å²) < 4.78 is 25.5. The minimum absolute atomic E-state index is 0.0624. The molecule has 6 heteroatoms. The van der Waals surface area contributed by atoms with Crippen molar-refractivity contribution in [2.75, 3.05) is 46.3 Å². The van der Waals surface area contributed by atoms with E-state index in [4.69, 9.17) is 0 Å². The van der Waals surface area contributed by atoms with E-state index in [1.165, 1.54) is 73.6 Å². The topological polar surface area (TPSA) is 21.8 Å². The maximum absolute atomic E-state index is 12.8. The predicted molar refractivity (Wildman–Crippen MR) is 178 cm³/mol. The highest BCUT2D eigenvalue weighted by molar-refractivity contribution is 5.36. The van der Waals surface area contributed by atoms with E-state index in [-0.39, 0.29) is 5.56 Å². The summed E-state index contributed by atoms with van der Waals surface area (Å²) in [5.41, 5.74) is 7.63. The zero-order chi connectivity index (χ0) is 31.4. The maximum atomic E-state index is 12.8. The fourth-order valence-electron chi connectivity index (χ4n) is 5.74. The van der Waals surface area contributed by atoms with Crippen molar-refractivity contribution in [3.05, 3.63) is 119 Å². The van der Waals surface area contributed by atoms with Crippen LogP contribution in [0.5, 0.6) is 0 Å². The fraction of sp³-hybridized carbons (Fsp3) is 0.459. The molecule has 2 aromatic rings. The Morgan fingerprint density at radius 3 is 1.95 bits per heavy atom. The number of allylic oxidation sites excluding steroid dienone is 6. The van der Waals surface area contributed by atoms with E-state index in [0.717, 1.165) is 43.7 Å². The van der Waals surface area contributed by atoms with Crippen LogP contribution in [0.15, 0.2) is 96.8 Å². The number of nitrogens with zero attached hydrogens (tertiary/aromatic N) is 3. The molecule has 0 aliphatic carbocycles. The molecular weight excluding hydrogens is 538 g/mol. The molecule has 2 heterocycles. The van der Waals surface area contributed by atoms with Crippen LogP contribution in [0.1, 0.15) is 55.9 Å². The molecule has 0 bridgehead atoms. The molecule has 0 amide bonds. The van der Waals surface area contributed by atoms with Crippen molar-refractivity contribution in [2.45, 2.75) is 65.6 Å². The van der Waals surface area contributed by atoms with Gasteiger partial charge in [-0.15, -0.1) is 0 Å². The average Bonchev–Trinajstić information content (AvgIpc) is 3.01. The molecule has 0 atom stereocenters. The van der Waals surface area contributed by atoms with Gasteiger partial charge >= 0.3 is 0 Å². The second-order valence-electron chi connectivity index (χ2n) is 12.0. The van der Waals surface area contributed by atoms with Gasteiger partial charge in [0.15, 0.2) is 0 Å². The standard InChI is InChI=1S/C27H39N3.C10H13F2N/c1-6-25(7-2)20-23(4)24(5)29-16-18-30(19-17-29)27-12-14-28(15-13-27)21-26-10-8-22(3)9-11-26;1-10(11,12)9-5-3-8(4-6-9)7-13-2/h6-11,20,27H,1-2,12-19,21H2,3-5H3;3-6,13H,7H2,1-2H3/b24-23+;. The Morgan fingerprint density at radius 2 is 1.44 bits per heavy atom. The maximum Gasteiger partial charge on any atom is 0.270 e. The summed E-state index contributed by atoms with van der Waals surface area (Å²) in [5, 5.41) is 2.95. The zero-order valence-electron chi connectivity index (χ0n) is 27.0. The lowest BCUT2D eigenvalue weighted by molar-refractivity contribution is 0.0174. The van der Waals surface area contributed by atoms with Crippen LogP contribution in [0, 0.1) is 6.92 Å². The van der Waals surface area contributed by atoms with Gasteiger partial charge in [0.25, 0.3) is 5.92 Å². The van der Waals surface area contributed by atoms with Gasteiger partial charge in [-0.05, 0) is 76.0 Å². The highest BCUT2D eigenvalue weighted by Crippen LogP contribution is 2.27. The second kappa shape index (κ2) is 16.7. The summed E-state index contributed by atoms with van der Waals surface area (Å²) in [7, 11) is 1.82. The highest BCUT2D eigenvalue weighted by atomic mass is 19.3. The molecule has 0 aromatic heterocycles. The molecule has 0 unspecified atom stereocenters. The van der Waals surface area contributed by atoms with Crippen molar-refractivity contribution in [2.24, 2.45) is 0 Å². The first-order chi connectivity index (χ1) is 20.5. The number of halogens is 2. The predicted octanol–water partition coefficient (Wildman–Crippen LogP) is 7.69. The second-order valence-corrected chi connectivity index (χ2v) is 12.0. The lowest BCUT2D eigenvalue weighted by Crippen LogP contribution is -2.52. The summed E-state index contributed by atoms with van der Waals surface area (Å²) in [6.07, 6.45) is 8.51. The number of nitrogens with one attached hydrogen (secondary N) is 1. The third-order valence-corrected chi connectivity index (χ3v) is 8.66. The third kappa shape index (κ3) is 10.9. The van der Waals surface area contributed by atoms with Crippen LogP contribution in [0.25, 0.3) is 0 Å². The number of alkyl halides is 2. The Labute approximate surface area is 259 Å². The third-order valence-electron chi connectivity index (χ3n) is 8.66. The molecule has 4 rings (SSSR count). The van der Waals surface area contributed by atoms with Crippen LogP contribution in [0.2, 0.25) is 0 Å². The van der Waals surface area contributed by atoms with Gasteiger partial charge in [-0.3, -0.25) is 9.80 Å². The average molecular weight is 591 g/mol. The molecule has 2 aromatic carbocycles. The van der Waals surface area contributed by atoms with Crippen LogP contribution in [0.3, 0.4) is 0 Å². The lowest BCUT2D eigenvalue weighted by atomic mass is 10.0. The van der Waals surface area contributed by atoms with Crippen molar-refractivity contribution < 1.29 is 8.78 Å². The molecule has 0 saturated carbocycles. The van der Waals surface area contributed by atoms with Gasteiger partial charge in [0.05, 0.1) is 0 Å². The molecule has 1 N–H and O–H groups in total.